The minimum absolute atomic E-state index is 0.0910. The lowest BCUT2D eigenvalue weighted by Gasteiger charge is -2.22. The summed E-state index contributed by atoms with van der Waals surface area (Å²) in [6.45, 7) is 3.88. The van der Waals surface area contributed by atoms with Gasteiger partial charge in [-0.2, -0.15) is 5.10 Å². The molecule has 4 nitrogen and oxygen atoms in total. The molecule has 0 amide bonds. The Balaban J connectivity index is 1.97. The number of hydrogen-bond donors (Lipinski definition) is 1. The average molecular weight is 277 g/mol. The van der Waals surface area contributed by atoms with Crippen molar-refractivity contribution in [2.45, 2.75) is 76.8 Å². The van der Waals surface area contributed by atoms with E-state index in [9.17, 15) is 4.79 Å². The number of rotatable bonds is 6. The van der Waals surface area contributed by atoms with Gasteiger partial charge in [0.25, 0.3) is 0 Å². The summed E-state index contributed by atoms with van der Waals surface area (Å²) in [4.78, 5) is 12.2. The smallest absolute Gasteiger partial charge is 0.158 e. The van der Waals surface area contributed by atoms with Crippen LogP contribution in [0.1, 0.15) is 70.5 Å². The molecule has 1 unspecified atom stereocenters. The molecule has 0 bridgehead atoms. The first kappa shape index (κ1) is 15.2. The van der Waals surface area contributed by atoms with Crippen molar-refractivity contribution in [3.05, 3.63) is 18.0 Å². The van der Waals surface area contributed by atoms with Crippen LogP contribution in [0.2, 0.25) is 0 Å². The van der Waals surface area contributed by atoms with Crippen molar-refractivity contribution >= 4 is 5.78 Å². The summed E-state index contributed by atoms with van der Waals surface area (Å²) in [6, 6.07) is 2.49. The van der Waals surface area contributed by atoms with Gasteiger partial charge in [0.2, 0.25) is 0 Å². The van der Waals surface area contributed by atoms with Crippen molar-refractivity contribution in [1.82, 2.24) is 9.78 Å². The van der Waals surface area contributed by atoms with Gasteiger partial charge in [-0.05, 0) is 32.3 Å². The lowest BCUT2D eigenvalue weighted by Crippen LogP contribution is -2.45. The number of aromatic nitrogens is 2. The van der Waals surface area contributed by atoms with Crippen molar-refractivity contribution in [1.29, 1.82) is 0 Å². The Morgan fingerprint density at radius 3 is 2.80 bits per heavy atom. The van der Waals surface area contributed by atoms with Crippen LogP contribution in [0.5, 0.6) is 0 Å². The van der Waals surface area contributed by atoms with E-state index in [0.717, 1.165) is 18.5 Å². The molecule has 0 spiro atoms. The van der Waals surface area contributed by atoms with E-state index in [2.05, 4.69) is 16.7 Å². The minimum Gasteiger partial charge on any atom is -0.319 e. The lowest BCUT2D eigenvalue weighted by atomic mass is 9.90. The summed E-state index contributed by atoms with van der Waals surface area (Å²) < 4.78 is 2.05. The summed E-state index contributed by atoms with van der Waals surface area (Å²) in [7, 11) is 0. The second-order valence-corrected chi connectivity index (χ2v) is 6.35. The van der Waals surface area contributed by atoms with Gasteiger partial charge in [0.15, 0.2) is 5.78 Å². The maximum atomic E-state index is 12.2. The molecule has 0 aliphatic heterocycles. The van der Waals surface area contributed by atoms with E-state index in [1.54, 1.807) is 0 Å². The van der Waals surface area contributed by atoms with Crippen molar-refractivity contribution < 1.29 is 4.79 Å². The van der Waals surface area contributed by atoms with E-state index in [1.165, 1.54) is 32.1 Å². The molecule has 0 aromatic carbocycles. The molecule has 1 aromatic heterocycles. The van der Waals surface area contributed by atoms with Gasteiger partial charge in [0, 0.05) is 6.20 Å². The van der Waals surface area contributed by atoms with Gasteiger partial charge < -0.3 is 5.73 Å². The maximum absolute atomic E-state index is 12.2. The molecule has 1 fully saturated rings. The molecule has 1 saturated carbocycles. The van der Waals surface area contributed by atoms with Crippen molar-refractivity contribution in [3.63, 3.8) is 0 Å². The van der Waals surface area contributed by atoms with Crippen LogP contribution in [-0.4, -0.2) is 21.1 Å². The van der Waals surface area contributed by atoms with Gasteiger partial charge in [0.1, 0.15) is 0 Å². The standard InChI is InChI=1S/C16H27N3O/c1-3-10-16(2,17)15(20)12-13-9-11-19(18-13)14-7-5-4-6-8-14/h9,11,14H,3-8,10,12,17H2,1-2H3. The molecule has 1 aromatic rings. The highest BCUT2D eigenvalue weighted by molar-refractivity contribution is 5.89. The number of Topliss-reactive ketones (excluding diaryl/α,β-unsaturated/α-hetero) is 1. The van der Waals surface area contributed by atoms with Gasteiger partial charge >= 0.3 is 0 Å². The third-order valence-electron chi connectivity index (χ3n) is 4.36. The van der Waals surface area contributed by atoms with Gasteiger partial charge in [-0.25, -0.2) is 0 Å². The molecule has 1 aliphatic carbocycles. The van der Waals surface area contributed by atoms with E-state index in [-0.39, 0.29) is 5.78 Å². The Labute approximate surface area is 121 Å². The predicted molar refractivity (Wildman–Crippen MR) is 80.6 cm³/mol. The van der Waals surface area contributed by atoms with E-state index in [1.807, 2.05) is 19.2 Å². The second-order valence-electron chi connectivity index (χ2n) is 6.35. The van der Waals surface area contributed by atoms with Crippen LogP contribution >= 0.6 is 0 Å². The highest BCUT2D eigenvalue weighted by Crippen LogP contribution is 2.27. The van der Waals surface area contributed by atoms with Gasteiger partial charge in [-0.3, -0.25) is 9.48 Å². The summed E-state index contributed by atoms with van der Waals surface area (Å²) in [5.74, 6) is 0.0910. The Hall–Kier alpha value is -1.16. The summed E-state index contributed by atoms with van der Waals surface area (Å²) in [6.07, 6.45) is 10.4. The van der Waals surface area contributed by atoms with Gasteiger partial charge in [-0.15, -0.1) is 0 Å². The summed E-state index contributed by atoms with van der Waals surface area (Å²) in [5.41, 5.74) is 6.22. The van der Waals surface area contributed by atoms with Gasteiger partial charge in [0.05, 0.1) is 23.7 Å². The molecule has 2 rings (SSSR count). The van der Waals surface area contributed by atoms with E-state index in [4.69, 9.17) is 5.73 Å². The maximum Gasteiger partial charge on any atom is 0.158 e. The zero-order chi connectivity index (χ0) is 14.6. The fraction of sp³-hybridized carbons (Fsp3) is 0.750. The molecule has 1 atom stereocenters. The quantitative estimate of drug-likeness (QED) is 0.869. The number of hydrogen-bond acceptors (Lipinski definition) is 3. The normalized spacial score (nSPS) is 19.8. The third-order valence-corrected chi connectivity index (χ3v) is 4.36. The van der Waals surface area contributed by atoms with Crippen LogP contribution in [0.4, 0.5) is 0 Å². The monoisotopic (exact) mass is 277 g/mol. The van der Waals surface area contributed by atoms with Crippen LogP contribution < -0.4 is 5.73 Å². The largest absolute Gasteiger partial charge is 0.319 e. The lowest BCUT2D eigenvalue weighted by molar-refractivity contribution is -0.123. The summed E-state index contributed by atoms with van der Waals surface area (Å²) in [5, 5.41) is 4.59. The Bertz CT molecular complexity index is 444. The zero-order valence-electron chi connectivity index (χ0n) is 12.8. The first-order valence-corrected chi connectivity index (χ1v) is 7.89. The number of carbonyl (C=O) groups excluding carboxylic acids is 1. The highest BCUT2D eigenvalue weighted by atomic mass is 16.1. The third kappa shape index (κ3) is 3.69. The Kier molecular flexibility index (Phi) is 4.97. The Morgan fingerprint density at radius 1 is 1.45 bits per heavy atom. The zero-order valence-corrected chi connectivity index (χ0v) is 12.8. The minimum atomic E-state index is -0.719. The second kappa shape index (κ2) is 6.53. The van der Waals surface area contributed by atoms with Crippen molar-refractivity contribution in [3.8, 4) is 0 Å². The van der Waals surface area contributed by atoms with Crippen molar-refractivity contribution in [2.75, 3.05) is 0 Å². The fourth-order valence-corrected chi connectivity index (χ4v) is 3.05. The van der Waals surface area contributed by atoms with Crippen LogP contribution in [0.15, 0.2) is 12.3 Å². The number of carbonyl (C=O) groups is 1. The van der Waals surface area contributed by atoms with Crippen LogP contribution in [0, 0.1) is 0 Å². The molecular weight excluding hydrogens is 250 g/mol. The molecule has 0 saturated heterocycles. The predicted octanol–water partition coefficient (Wildman–Crippen LogP) is 3.02. The Morgan fingerprint density at radius 2 is 2.15 bits per heavy atom. The van der Waals surface area contributed by atoms with Crippen LogP contribution in [0.25, 0.3) is 0 Å². The SMILES string of the molecule is CCCC(C)(N)C(=O)Cc1ccn(C2CCCCC2)n1. The molecule has 1 heterocycles. The number of ketones is 1. The van der Waals surface area contributed by atoms with Crippen LogP contribution in [0.3, 0.4) is 0 Å². The molecule has 0 radical (unpaired) electrons. The fourth-order valence-electron chi connectivity index (χ4n) is 3.05. The number of nitrogens with zero attached hydrogens (tertiary/aromatic N) is 2. The number of nitrogens with two attached hydrogens (primary N) is 1. The first-order chi connectivity index (χ1) is 9.53. The topological polar surface area (TPSA) is 60.9 Å². The molecule has 1 aliphatic rings. The average Bonchev–Trinajstić information content (AvgIpc) is 2.88. The first-order valence-electron chi connectivity index (χ1n) is 7.89. The van der Waals surface area contributed by atoms with Crippen LogP contribution in [-0.2, 0) is 11.2 Å². The van der Waals surface area contributed by atoms with E-state index in [0.29, 0.717) is 12.5 Å². The summed E-state index contributed by atoms with van der Waals surface area (Å²) >= 11 is 0. The molecular formula is C16H27N3O. The molecule has 112 valence electrons. The van der Waals surface area contributed by atoms with E-state index < -0.39 is 5.54 Å². The molecule has 2 N–H and O–H groups in total. The molecule has 4 heteroatoms. The van der Waals surface area contributed by atoms with Gasteiger partial charge in [-0.1, -0.05) is 32.6 Å². The van der Waals surface area contributed by atoms with E-state index >= 15 is 0 Å². The molecule has 20 heavy (non-hydrogen) atoms. The highest BCUT2D eigenvalue weighted by Gasteiger charge is 2.27. The van der Waals surface area contributed by atoms with Crippen molar-refractivity contribution in [2.24, 2.45) is 5.73 Å².